The summed E-state index contributed by atoms with van der Waals surface area (Å²) in [5.74, 6) is 0.256. The number of ether oxygens (including phenoxy) is 1. The van der Waals surface area contributed by atoms with E-state index in [0.717, 1.165) is 36.3 Å². The molecule has 3 heterocycles. The van der Waals surface area contributed by atoms with Gasteiger partial charge in [-0.2, -0.15) is 0 Å². The molecule has 2 aromatic carbocycles. The number of likely N-dealkylation sites (tertiary alicyclic amines) is 1. The van der Waals surface area contributed by atoms with Gasteiger partial charge in [0.15, 0.2) is 0 Å². The number of nitrogens with zero attached hydrogens (tertiary/aromatic N) is 4. The highest BCUT2D eigenvalue weighted by Crippen LogP contribution is 2.39. The van der Waals surface area contributed by atoms with Crippen molar-refractivity contribution in [1.29, 1.82) is 0 Å². The van der Waals surface area contributed by atoms with Gasteiger partial charge >= 0.3 is 0 Å². The van der Waals surface area contributed by atoms with Crippen LogP contribution in [-0.2, 0) is 4.79 Å². The molecule has 1 atom stereocenters. The largest absolute Gasteiger partial charge is 0.494 e. The van der Waals surface area contributed by atoms with E-state index in [2.05, 4.69) is 44.0 Å². The van der Waals surface area contributed by atoms with E-state index in [9.17, 15) is 9.18 Å². The fraction of sp³-hybridized carbons (Fsp3) is 0.250. The zero-order valence-electron chi connectivity index (χ0n) is 21.6. The average Bonchev–Trinajstić information content (AvgIpc) is 3.54. The van der Waals surface area contributed by atoms with Crippen LogP contribution in [0.15, 0.2) is 61.4 Å². The number of hydrogen-bond donors (Lipinski definition) is 3. The number of aromatic amines is 1. The minimum absolute atomic E-state index is 0.295. The highest BCUT2D eigenvalue weighted by atomic mass is 19.1. The lowest BCUT2D eigenvalue weighted by Crippen LogP contribution is -2.34. The van der Waals surface area contributed by atoms with Gasteiger partial charge < -0.3 is 30.2 Å². The number of H-pyrrole nitrogens is 1. The van der Waals surface area contributed by atoms with Crippen LogP contribution in [0.25, 0.3) is 22.2 Å². The molecule has 9 nitrogen and oxygen atoms in total. The molecule has 0 bridgehead atoms. The second-order valence-electron chi connectivity index (χ2n) is 9.37. The summed E-state index contributed by atoms with van der Waals surface area (Å²) in [4.78, 5) is 29.0. The van der Waals surface area contributed by atoms with E-state index in [1.807, 2.05) is 25.2 Å². The van der Waals surface area contributed by atoms with Gasteiger partial charge in [-0.1, -0.05) is 18.7 Å². The molecule has 5 rings (SSSR count). The fourth-order valence-electron chi connectivity index (χ4n) is 4.80. The number of methoxy groups -OCH3 is 1. The van der Waals surface area contributed by atoms with Crippen molar-refractivity contribution in [2.24, 2.45) is 0 Å². The second-order valence-corrected chi connectivity index (χ2v) is 9.37. The molecule has 10 heteroatoms. The molecule has 1 amide bonds. The molecule has 0 radical (unpaired) electrons. The maximum atomic E-state index is 13.9. The first kappa shape index (κ1) is 25.2. The highest BCUT2D eigenvalue weighted by Gasteiger charge is 2.26. The number of likely N-dealkylation sites (N-methyl/N-ethyl adjacent to an activating group) is 2. The Morgan fingerprint density at radius 3 is 2.87 bits per heavy atom. The predicted octanol–water partition coefficient (Wildman–Crippen LogP) is 4.78. The van der Waals surface area contributed by atoms with Crippen molar-refractivity contribution in [3.8, 4) is 16.9 Å². The molecule has 0 aliphatic carbocycles. The van der Waals surface area contributed by atoms with Gasteiger partial charge in [-0.25, -0.2) is 14.4 Å². The normalized spacial score (nSPS) is 15.4. The number of rotatable bonds is 8. The number of benzene rings is 2. The van der Waals surface area contributed by atoms with Gasteiger partial charge in [-0.05, 0) is 49.9 Å². The average molecular weight is 516 g/mol. The number of fused-ring (bicyclic) bond motifs is 1. The SMILES string of the molecule is C=CC(=O)Nc1cc(Nc2ncc3[nH]cc(-c4cccc(F)c4)c3n2)c(OC)cc1N(C)C1CCN(C)C1. The molecule has 1 aliphatic rings. The van der Waals surface area contributed by atoms with Crippen LogP contribution in [0, 0.1) is 5.82 Å². The smallest absolute Gasteiger partial charge is 0.247 e. The van der Waals surface area contributed by atoms with Crippen LogP contribution in [0.4, 0.5) is 27.4 Å². The van der Waals surface area contributed by atoms with E-state index in [1.165, 1.54) is 18.2 Å². The van der Waals surface area contributed by atoms with Crippen LogP contribution in [0.3, 0.4) is 0 Å². The standard InChI is InChI=1S/C28H30FN7O2/c1-5-26(37)32-21-12-22(25(38-4)13-24(21)36(3)19-9-10-35(2)16-19)33-28-31-15-23-27(34-28)20(14-30-23)17-7-6-8-18(29)11-17/h5-8,11-15,19,30H,1,9-10,16H2,2-4H3,(H,32,37)(H,31,33,34). The molecule has 4 aromatic rings. The van der Waals surface area contributed by atoms with E-state index in [0.29, 0.717) is 40.2 Å². The molecule has 0 spiro atoms. The Hall–Kier alpha value is -4.44. The molecule has 2 aromatic heterocycles. The topological polar surface area (TPSA) is 98.4 Å². The highest BCUT2D eigenvalue weighted by molar-refractivity contribution is 6.02. The summed E-state index contributed by atoms with van der Waals surface area (Å²) in [6.45, 7) is 5.52. The second kappa shape index (κ2) is 10.5. The van der Waals surface area contributed by atoms with Gasteiger partial charge in [-0.3, -0.25) is 4.79 Å². The number of aromatic nitrogens is 3. The molecule has 38 heavy (non-hydrogen) atoms. The summed E-state index contributed by atoms with van der Waals surface area (Å²) in [6, 6.07) is 10.4. The summed E-state index contributed by atoms with van der Waals surface area (Å²) < 4.78 is 19.6. The summed E-state index contributed by atoms with van der Waals surface area (Å²) in [5, 5.41) is 6.16. The quantitative estimate of drug-likeness (QED) is 0.291. The molecule has 0 saturated carbocycles. The third kappa shape index (κ3) is 5.03. The molecule has 196 valence electrons. The zero-order chi connectivity index (χ0) is 26.8. The van der Waals surface area contributed by atoms with Crippen molar-refractivity contribution in [2.45, 2.75) is 12.5 Å². The lowest BCUT2D eigenvalue weighted by atomic mass is 10.1. The van der Waals surface area contributed by atoms with Crippen LogP contribution in [0.2, 0.25) is 0 Å². The summed E-state index contributed by atoms with van der Waals surface area (Å²) in [7, 11) is 5.71. The molecular weight excluding hydrogens is 485 g/mol. The van der Waals surface area contributed by atoms with Crippen molar-refractivity contribution in [2.75, 3.05) is 49.8 Å². The Bertz CT molecular complexity index is 1500. The Kier molecular flexibility index (Phi) is 6.97. The molecule has 1 aliphatic heterocycles. The molecule has 3 N–H and O–H groups in total. The van der Waals surface area contributed by atoms with E-state index in [1.54, 1.807) is 25.6 Å². The van der Waals surface area contributed by atoms with Crippen molar-refractivity contribution < 1.29 is 13.9 Å². The Morgan fingerprint density at radius 1 is 1.32 bits per heavy atom. The van der Waals surface area contributed by atoms with E-state index in [4.69, 9.17) is 9.72 Å². The number of anilines is 4. The lowest BCUT2D eigenvalue weighted by Gasteiger charge is -2.29. The summed E-state index contributed by atoms with van der Waals surface area (Å²) in [6.07, 6.45) is 5.70. The van der Waals surface area contributed by atoms with Crippen LogP contribution in [0.1, 0.15) is 6.42 Å². The monoisotopic (exact) mass is 515 g/mol. The van der Waals surface area contributed by atoms with Gasteiger partial charge in [0.05, 0.1) is 35.9 Å². The number of halogens is 1. The van der Waals surface area contributed by atoms with Crippen molar-refractivity contribution in [1.82, 2.24) is 19.9 Å². The summed E-state index contributed by atoms with van der Waals surface area (Å²) >= 11 is 0. The van der Waals surface area contributed by atoms with Crippen molar-refractivity contribution in [3.63, 3.8) is 0 Å². The van der Waals surface area contributed by atoms with Gasteiger partial charge in [0.2, 0.25) is 11.9 Å². The van der Waals surface area contributed by atoms with Crippen molar-refractivity contribution in [3.05, 3.63) is 67.3 Å². The van der Waals surface area contributed by atoms with Gasteiger partial charge in [0, 0.05) is 37.5 Å². The Morgan fingerprint density at radius 2 is 2.16 bits per heavy atom. The fourth-order valence-corrected chi connectivity index (χ4v) is 4.80. The number of nitrogens with one attached hydrogen (secondary N) is 3. The predicted molar refractivity (Wildman–Crippen MR) is 149 cm³/mol. The Labute approximate surface area is 220 Å². The first-order valence-electron chi connectivity index (χ1n) is 12.3. The maximum absolute atomic E-state index is 13.9. The van der Waals surface area contributed by atoms with Crippen LogP contribution >= 0.6 is 0 Å². The number of carbonyl (C=O) groups is 1. The van der Waals surface area contributed by atoms with E-state index >= 15 is 0 Å². The minimum Gasteiger partial charge on any atom is -0.494 e. The van der Waals surface area contributed by atoms with Crippen LogP contribution < -0.4 is 20.3 Å². The molecule has 1 fully saturated rings. The minimum atomic E-state index is -0.322. The number of carbonyl (C=O) groups excluding carboxylic acids is 1. The third-order valence-corrected chi connectivity index (χ3v) is 6.85. The van der Waals surface area contributed by atoms with Gasteiger partial charge in [-0.15, -0.1) is 0 Å². The third-order valence-electron chi connectivity index (χ3n) is 6.85. The van der Waals surface area contributed by atoms with E-state index in [-0.39, 0.29) is 11.7 Å². The zero-order valence-corrected chi connectivity index (χ0v) is 21.6. The Balaban J connectivity index is 1.52. The lowest BCUT2D eigenvalue weighted by molar-refractivity contribution is -0.111. The van der Waals surface area contributed by atoms with Crippen LogP contribution in [-0.4, -0.2) is 66.1 Å². The van der Waals surface area contributed by atoms with E-state index < -0.39 is 0 Å². The first-order chi connectivity index (χ1) is 18.4. The van der Waals surface area contributed by atoms with Gasteiger partial charge in [0.25, 0.3) is 0 Å². The first-order valence-corrected chi connectivity index (χ1v) is 12.3. The maximum Gasteiger partial charge on any atom is 0.247 e. The van der Waals surface area contributed by atoms with Crippen LogP contribution in [0.5, 0.6) is 5.75 Å². The van der Waals surface area contributed by atoms with Crippen molar-refractivity contribution >= 4 is 40.0 Å². The number of hydrogen-bond acceptors (Lipinski definition) is 7. The molecular formula is C28H30FN7O2. The summed E-state index contributed by atoms with van der Waals surface area (Å²) in [5.41, 5.74) is 4.85. The van der Waals surface area contributed by atoms with Gasteiger partial charge in [0.1, 0.15) is 17.1 Å². The molecule has 1 unspecified atom stereocenters. The number of amides is 1. The molecule has 1 saturated heterocycles.